The smallest absolute Gasteiger partial charge is 0.147 e. The van der Waals surface area contributed by atoms with Crippen LogP contribution in [0.25, 0.3) is 0 Å². The third-order valence-electron chi connectivity index (χ3n) is 6.02. The molecule has 0 spiro atoms. The van der Waals surface area contributed by atoms with Gasteiger partial charge in [-0.25, -0.2) is 0 Å². The second kappa shape index (κ2) is 2.98. The SMILES string of the molecule is CCC12CC(C)C1(C)C(C1COCO1)C2. The van der Waals surface area contributed by atoms with Crippen LogP contribution in [0.3, 0.4) is 0 Å². The van der Waals surface area contributed by atoms with Gasteiger partial charge in [0.15, 0.2) is 0 Å². The molecule has 0 radical (unpaired) electrons. The Kier molecular flexibility index (Phi) is 2.01. The molecule has 1 heterocycles. The molecule has 0 amide bonds. The van der Waals surface area contributed by atoms with Crippen LogP contribution in [0.2, 0.25) is 0 Å². The van der Waals surface area contributed by atoms with Gasteiger partial charge in [0.05, 0.1) is 12.7 Å². The predicted octanol–water partition coefficient (Wildman–Crippen LogP) is 2.82. The van der Waals surface area contributed by atoms with Crippen molar-refractivity contribution in [1.82, 2.24) is 0 Å². The Balaban J connectivity index is 1.79. The molecule has 2 heteroatoms. The summed E-state index contributed by atoms with van der Waals surface area (Å²) >= 11 is 0. The lowest BCUT2D eigenvalue weighted by atomic mass is 9.29. The summed E-state index contributed by atoms with van der Waals surface area (Å²) in [6, 6.07) is 0. The largest absolute Gasteiger partial charge is 0.353 e. The highest BCUT2D eigenvalue weighted by atomic mass is 16.7. The second-order valence-electron chi connectivity index (χ2n) is 6.03. The summed E-state index contributed by atoms with van der Waals surface area (Å²) in [4.78, 5) is 0. The van der Waals surface area contributed by atoms with Gasteiger partial charge in [-0.1, -0.05) is 20.8 Å². The molecule has 0 N–H and O–H groups in total. The van der Waals surface area contributed by atoms with Gasteiger partial charge in [0, 0.05) is 0 Å². The third kappa shape index (κ3) is 0.980. The molecule has 3 rings (SSSR count). The van der Waals surface area contributed by atoms with Gasteiger partial charge in [0.2, 0.25) is 0 Å². The van der Waals surface area contributed by atoms with Crippen molar-refractivity contribution < 1.29 is 9.47 Å². The van der Waals surface area contributed by atoms with E-state index in [0.29, 0.717) is 23.7 Å². The quantitative estimate of drug-likeness (QED) is 0.697. The van der Waals surface area contributed by atoms with E-state index < -0.39 is 0 Å². The van der Waals surface area contributed by atoms with Crippen molar-refractivity contribution in [2.24, 2.45) is 22.7 Å². The third-order valence-corrected chi connectivity index (χ3v) is 6.02. The normalized spacial score (nSPS) is 58.2. The van der Waals surface area contributed by atoms with Crippen molar-refractivity contribution in [3.05, 3.63) is 0 Å². The minimum absolute atomic E-state index is 0.387. The van der Waals surface area contributed by atoms with Crippen LogP contribution in [0.4, 0.5) is 0 Å². The number of ether oxygens (including phenoxy) is 2. The van der Waals surface area contributed by atoms with E-state index in [0.717, 1.165) is 18.4 Å². The van der Waals surface area contributed by atoms with Crippen LogP contribution in [0.1, 0.15) is 40.0 Å². The molecule has 1 saturated heterocycles. The molecule has 3 aliphatic rings. The first-order valence-electron chi connectivity index (χ1n) is 6.33. The maximum absolute atomic E-state index is 5.69. The fraction of sp³-hybridized carbons (Fsp3) is 1.00. The molecule has 0 aromatic rings. The van der Waals surface area contributed by atoms with Gasteiger partial charge < -0.3 is 9.47 Å². The molecule has 86 valence electrons. The molecule has 15 heavy (non-hydrogen) atoms. The van der Waals surface area contributed by atoms with E-state index in [1.54, 1.807) is 0 Å². The van der Waals surface area contributed by atoms with Crippen LogP contribution < -0.4 is 0 Å². The Morgan fingerprint density at radius 2 is 2.13 bits per heavy atom. The highest BCUT2D eigenvalue weighted by molar-refractivity contribution is 5.20. The fourth-order valence-corrected chi connectivity index (χ4v) is 4.74. The Morgan fingerprint density at radius 3 is 2.67 bits per heavy atom. The molecule has 2 aliphatic carbocycles. The van der Waals surface area contributed by atoms with E-state index in [2.05, 4.69) is 20.8 Å². The summed E-state index contributed by atoms with van der Waals surface area (Å²) < 4.78 is 11.0. The topological polar surface area (TPSA) is 18.5 Å². The van der Waals surface area contributed by atoms with Crippen molar-refractivity contribution in [2.45, 2.75) is 46.1 Å². The zero-order valence-electron chi connectivity index (χ0n) is 10.1. The number of hydrogen-bond donors (Lipinski definition) is 0. The van der Waals surface area contributed by atoms with Crippen molar-refractivity contribution in [1.29, 1.82) is 0 Å². The highest BCUT2D eigenvalue weighted by Crippen LogP contribution is 2.77. The van der Waals surface area contributed by atoms with Crippen LogP contribution in [0.15, 0.2) is 0 Å². The van der Waals surface area contributed by atoms with Crippen LogP contribution >= 0.6 is 0 Å². The number of fused-ring (bicyclic) bond motifs is 1. The molecule has 5 atom stereocenters. The zero-order valence-corrected chi connectivity index (χ0v) is 10.1. The summed E-state index contributed by atoms with van der Waals surface area (Å²) in [5.74, 6) is 1.63. The van der Waals surface area contributed by atoms with Crippen molar-refractivity contribution in [2.75, 3.05) is 13.4 Å². The van der Waals surface area contributed by atoms with Gasteiger partial charge in [-0.3, -0.25) is 0 Å². The minimum atomic E-state index is 0.387. The number of rotatable bonds is 2. The lowest BCUT2D eigenvalue weighted by Crippen LogP contribution is -2.71. The van der Waals surface area contributed by atoms with E-state index in [-0.39, 0.29) is 0 Å². The molecule has 0 bridgehead atoms. The standard InChI is InChI=1S/C13H22O2/c1-4-13-5-9(2)12(13,3)10(6-13)11-7-14-8-15-11/h9-11H,4-8H2,1-3H3. The summed E-state index contributed by atoms with van der Waals surface area (Å²) in [6.07, 6.45) is 4.54. The van der Waals surface area contributed by atoms with E-state index in [1.807, 2.05) is 0 Å². The van der Waals surface area contributed by atoms with Gasteiger partial charge in [0.25, 0.3) is 0 Å². The second-order valence-corrected chi connectivity index (χ2v) is 6.03. The lowest BCUT2D eigenvalue weighted by Gasteiger charge is -2.76. The molecule has 5 unspecified atom stereocenters. The average molecular weight is 210 g/mol. The maximum Gasteiger partial charge on any atom is 0.147 e. The molecule has 1 aliphatic heterocycles. The van der Waals surface area contributed by atoms with Gasteiger partial charge in [-0.15, -0.1) is 0 Å². The monoisotopic (exact) mass is 210 g/mol. The molecule has 2 nitrogen and oxygen atoms in total. The molecular formula is C13H22O2. The predicted molar refractivity (Wildman–Crippen MR) is 58.4 cm³/mol. The molecule has 0 aromatic carbocycles. The molecular weight excluding hydrogens is 188 g/mol. The first-order chi connectivity index (χ1) is 7.14. The molecule has 0 aromatic heterocycles. The minimum Gasteiger partial charge on any atom is -0.353 e. The van der Waals surface area contributed by atoms with E-state index in [4.69, 9.17) is 9.47 Å². The Labute approximate surface area is 92.3 Å². The fourth-order valence-electron chi connectivity index (χ4n) is 4.74. The Hall–Kier alpha value is -0.0800. The average Bonchev–Trinajstić information content (AvgIpc) is 2.75. The van der Waals surface area contributed by atoms with Crippen LogP contribution in [0, 0.1) is 22.7 Å². The highest BCUT2D eigenvalue weighted by Gasteiger charge is 2.72. The molecule has 2 saturated carbocycles. The van der Waals surface area contributed by atoms with E-state index in [1.165, 1.54) is 19.3 Å². The number of hydrogen-bond acceptors (Lipinski definition) is 2. The van der Waals surface area contributed by atoms with Gasteiger partial charge in [-0.2, -0.15) is 0 Å². The van der Waals surface area contributed by atoms with Crippen molar-refractivity contribution in [3.63, 3.8) is 0 Å². The zero-order chi connectivity index (χ0) is 10.7. The first-order valence-corrected chi connectivity index (χ1v) is 6.33. The van der Waals surface area contributed by atoms with Crippen LogP contribution in [-0.4, -0.2) is 19.5 Å². The van der Waals surface area contributed by atoms with Crippen LogP contribution in [0.5, 0.6) is 0 Å². The van der Waals surface area contributed by atoms with Crippen LogP contribution in [-0.2, 0) is 9.47 Å². The Bertz CT molecular complexity index is 272. The van der Waals surface area contributed by atoms with E-state index >= 15 is 0 Å². The van der Waals surface area contributed by atoms with Gasteiger partial charge in [0.1, 0.15) is 6.79 Å². The van der Waals surface area contributed by atoms with Gasteiger partial charge in [-0.05, 0) is 41.9 Å². The summed E-state index contributed by atoms with van der Waals surface area (Å²) in [7, 11) is 0. The summed E-state index contributed by atoms with van der Waals surface area (Å²) in [5.41, 5.74) is 1.20. The maximum atomic E-state index is 5.69. The van der Waals surface area contributed by atoms with Crippen molar-refractivity contribution in [3.8, 4) is 0 Å². The summed E-state index contributed by atoms with van der Waals surface area (Å²) in [6.45, 7) is 8.60. The summed E-state index contributed by atoms with van der Waals surface area (Å²) in [5, 5.41) is 0. The molecule has 3 fully saturated rings. The first kappa shape index (κ1) is 10.1. The van der Waals surface area contributed by atoms with Crippen molar-refractivity contribution >= 4 is 0 Å². The van der Waals surface area contributed by atoms with E-state index in [9.17, 15) is 0 Å². The Morgan fingerprint density at radius 1 is 1.33 bits per heavy atom. The lowest BCUT2D eigenvalue weighted by molar-refractivity contribution is -0.287. The van der Waals surface area contributed by atoms with Gasteiger partial charge >= 0.3 is 0 Å².